The molecule has 1 aromatic carbocycles. The van der Waals surface area contributed by atoms with Crippen molar-refractivity contribution in [2.24, 2.45) is 0 Å². The third-order valence-electron chi connectivity index (χ3n) is 6.46. The molecule has 0 radical (unpaired) electrons. The maximum absolute atomic E-state index is 13.0. The molecule has 2 aliphatic rings. The van der Waals surface area contributed by atoms with Crippen LogP contribution < -0.4 is 4.74 Å². The Bertz CT molecular complexity index is 944. The second kappa shape index (κ2) is 11.3. The highest BCUT2D eigenvalue weighted by Crippen LogP contribution is 2.24. The van der Waals surface area contributed by atoms with Crippen LogP contribution in [0.25, 0.3) is 0 Å². The molecule has 178 valence electrons. The number of ether oxygens (including phenoxy) is 2. The second-order valence-corrected chi connectivity index (χ2v) is 8.77. The lowest BCUT2D eigenvalue weighted by Gasteiger charge is -2.36. The fourth-order valence-corrected chi connectivity index (χ4v) is 4.69. The Balaban J connectivity index is 1.47. The van der Waals surface area contributed by atoms with E-state index in [4.69, 9.17) is 13.9 Å². The molecule has 1 aromatic heterocycles. The first-order chi connectivity index (χ1) is 16.1. The van der Waals surface area contributed by atoms with Gasteiger partial charge in [0.1, 0.15) is 18.6 Å². The lowest BCUT2D eigenvalue weighted by Crippen LogP contribution is -2.44. The molecule has 33 heavy (non-hydrogen) atoms. The van der Waals surface area contributed by atoms with Gasteiger partial charge >= 0.3 is 5.97 Å². The van der Waals surface area contributed by atoms with Crippen LogP contribution in [0, 0.1) is 0 Å². The quantitative estimate of drug-likeness (QED) is 0.656. The molecule has 1 unspecified atom stereocenters. The number of methoxy groups -OCH3 is 1. The number of hydrogen-bond acceptors (Lipinski definition) is 7. The summed E-state index contributed by atoms with van der Waals surface area (Å²) in [7, 11) is 1.32. The summed E-state index contributed by atoms with van der Waals surface area (Å²) in [5.41, 5.74) is 1.40. The average molecular weight is 456 g/mol. The van der Waals surface area contributed by atoms with Gasteiger partial charge in [-0.2, -0.15) is 0 Å². The minimum absolute atomic E-state index is 0.158. The number of piperidine rings is 1. The first kappa shape index (κ1) is 23.3. The summed E-state index contributed by atoms with van der Waals surface area (Å²) in [4.78, 5) is 33.2. The van der Waals surface area contributed by atoms with E-state index in [1.165, 1.54) is 25.4 Å². The largest absolute Gasteiger partial charge is 0.492 e. The van der Waals surface area contributed by atoms with Crippen LogP contribution in [0.15, 0.2) is 34.9 Å². The van der Waals surface area contributed by atoms with Crippen molar-refractivity contribution in [2.75, 3.05) is 33.4 Å². The molecule has 0 N–H and O–H groups in total. The molecule has 8 heteroatoms. The van der Waals surface area contributed by atoms with Crippen LogP contribution >= 0.6 is 0 Å². The summed E-state index contributed by atoms with van der Waals surface area (Å²) in [6.45, 7) is 3.17. The van der Waals surface area contributed by atoms with Crippen molar-refractivity contribution < 1.29 is 23.5 Å². The van der Waals surface area contributed by atoms with E-state index >= 15 is 0 Å². The summed E-state index contributed by atoms with van der Waals surface area (Å²) in [6.07, 6.45) is 7.90. The van der Waals surface area contributed by atoms with Crippen LogP contribution in [0.3, 0.4) is 0 Å². The lowest BCUT2D eigenvalue weighted by atomic mass is 9.95. The monoisotopic (exact) mass is 455 g/mol. The summed E-state index contributed by atoms with van der Waals surface area (Å²) in [5.74, 6) is 1.04. The van der Waals surface area contributed by atoms with Gasteiger partial charge < -0.3 is 18.8 Å². The Morgan fingerprint density at radius 3 is 2.94 bits per heavy atom. The number of carbonyl (C=O) groups excluding carboxylic acids is 2. The van der Waals surface area contributed by atoms with E-state index in [0.717, 1.165) is 44.4 Å². The topological polar surface area (TPSA) is 85.1 Å². The van der Waals surface area contributed by atoms with E-state index in [-0.39, 0.29) is 11.6 Å². The number of aromatic nitrogens is 1. The van der Waals surface area contributed by atoms with Crippen LogP contribution in [0.5, 0.6) is 5.75 Å². The van der Waals surface area contributed by atoms with Gasteiger partial charge in [0.25, 0.3) is 0 Å². The Kier molecular flexibility index (Phi) is 7.99. The lowest BCUT2D eigenvalue weighted by molar-refractivity contribution is -0.135. The molecule has 2 aromatic rings. The Hall–Kier alpha value is -2.87. The summed E-state index contributed by atoms with van der Waals surface area (Å²) < 4.78 is 16.2. The molecule has 2 aliphatic heterocycles. The summed E-state index contributed by atoms with van der Waals surface area (Å²) in [5, 5.41) is 0. The third-order valence-corrected chi connectivity index (χ3v) is 6.46. The van der Waals surface area contributed by atoms with Gasteiger partial charge in [-0.05, 0) is 62.8 Å². The number of hydrogen-bond donors (Lipinski definition) is 0. The first-order valence-electron chi connectivity index (χ1n) is 11.9. The molecule has 1 amide bonds. The third kappa shape index (κ3) is 6.35. The van der Waals surface area contributed by atoms with E-state index in [2.05, 4.69) is 26.9 Å². The molecule has 0 saturated carbocycles. The summed E-state index contributed by atoms with van der Waals surface area (Å²) >= 11 is 0. The van der Waals surface area contributed by atoms with Crippen LogP contribution in [0.1, 0.15) is 60.5 Å². The highest BCUT2D eigenvalue weighted by molar-refractivity contribution is 5.86. The van der Waals surface area contributed by atoms with Gasteiger partial charge in [-0.25, -0.2) is 9.78 Å². The number of aryl methyl sites for hydroxylation is 1. The van der Waals surface area contributed by atoms with Gasteiger partial charge in [0, 0.05) is 25.6 Å². The number of nitrogens with zero attached hydrogens (tertiary/aromatic N) is 3. The molecule has 0 spiro atoms. The molecular formula is C25H33N3O5. The van der Waals surface area contributed by atoms with Crippen molar-refractivity contribution in [1.82, 2.24) is 14.8 Å². The number of carbonyl (C=O) groups is 2. The molecule has 8 nitrogen and oxygen atoms in total. The van der Waals surface area contributed by atoms with E-state index in [1.54, 1.807) is 0 Å². The zero-order chi connectivity index (χ0) is 23.0. The SMILES string of the molecule is COC(=O)c1coc(CN2CCCC(=O)N3CCCCC3CCc3cccc(c3)OCC2)n1. The first-order valence-corrected chi connectivity index (χ1v) is 11.9. The van der Waals surface area contributed by atoms with Crippen molar-refractivity contribution in [3.05, 3.63) is 47.7 Å². The van der Waals surface area contributed by atoms with Gasteiger partial charge in [-0.15, -0.1) is 0 Å². The maximum atomic E-state index is 13.0. The Morgan fingerprint density at radius 2 is 2.06 bits per heavy atom. The van der Waals surface area contributed by atoms with E-state index in [1.807, 2.05) is 12.1 Å². The molecule has 1 atom stereocenters. The zero-order valence-corrected chi connectivity index (χ0v) is 19.3. The second-order valence-electron chi connectivity index (χ2n) is 8.77. The van der Waals surface area contributed by atoms with Crippen LogP contribution in [0.4, 0.5) is 0 Å². The van der Waals surface area contributed by atoms with Gasteiger partial charge in [-0.1, -0.05) is 12.1 Å². The summed E-state index contributed by atoms with van der Waals surface area (Å²) in [6, 6.07) is 8.58. The fraction of sp³-hybridized carbons (Fsp3) is 0.560. The van der Waals surface area contributed by atoms with Crippen molar-refractivity contribution >= 4 is 11.9 Å². The Labute approximate surface area is 194 Å². The van der Waals surface area contributed by atoms with Crippen LogP contribution in [-0.4, -0.2) is 66.1 Å². The van der Waals surface area contributed by atoms with Crippen LogP contribution in [0.2, 0.25) is 0 Å². The van der Waals surface area contributed by atoms with Gasteiger partial charge in [0.2, 0.25) is 11.8 Å². The molecule has 1 fully saturated rings. The normalized spacial score (nSPS) is 20.8. The van der Waals surface area contributed by atoms with Crippen molar-refractivity contribution in [3.63, 3.8) is 0 Å². The van der Waals surface area contributed by atoms with Gasteiger partial charge in [0.05, 0.1) is 13.7 Å². The average Bonchev–Trinajstić information content (AvgIpc) is 3.30. The van der Waals surface area contributed by atoms with E-state index in [0.29, 0.717) is 44.6 Å². The molecule has 0 aliphatic carbocycles. The predicted octanol–water partition coefficient (Wildman–Crippen LogP) is 3.45. The molecular weight excluding hydrogens is 422 g/mol. The smallest absolute Gasteiger partial charge is 0.360 e. The number of amides is 1. The number of esters is 1. The van der Waals surface area contributed by atoms with Gasteiger partial charge in [0.15, 0.2) is 5.69 Å². The fourth-order valence-electron chi connectivity index (χ4n) is 4.69. The van der Waals surface area contributed by atoms with E-state index in [9.17, 15) is 9.59 Å². The Morgan fingerprint density at radius 1 is 1.15 bits per heavy atom. The minimum Gasteiger partial charge on any atom is -0.492 e. The highest BCUT2D eigenvalue weighted by Gasteiger charge is 2.26. The van der Waals surface area contributed by atoms with Crippen LogP contribution in [-0.2, 0) is 22.5 Å². The number of fused-ring (bicyclic) bond motifs is 3. The predicted molar refractivity (Wildman–Crippen MR) is 122 cm³/mol. The zero-order valence-electron chi connectivity index (χ0n) is 19.3. The number of rotatable bonds is 3. The van der Waals surface area contributed by atoms with Crippen molar-refractivity contribution in [2.45, 2.75) is 57.5 Å². The molecule has 1 saturated heterocycles. The minimum atomic E-state index is -0.521. The number of oxazole rings is 1. The number of benzene rings is 1. The molecule has 3 heterocycles. The molecule has 4 rings (SSSR count). The van der Waals surface area contributed by atoms with E-state index < -0.39 is 5.97 Å². The highest BCUT2D eigenvalue weighted by atomic mass is 16.5. The van der Waals surface area contributed by atoms with Gasteiger partial charge in [-0.3, -0.25) is 9.69 Å². The van der Waals surface area contributed by atoms with Crippen molar-refractivity contribution in [3.8, 4) is 5.75 Å². The van der Waals surface area contributed by atoms with Crippen molar-refractivity contribution in [1.29, 1.82) is 0 Å². The molecule has 2 bridgehead atoms. The maximum Gasteiger partial charge on any atom is 0.360 e. The standard InChI is InChI=1S/C25H33N3O5/c1-31-25(30)22-18-33-23(26-22)17-27-12-5-9-24(29)28-13-3-2-7-20(28)11-10-19-6-4-8-21(16-19)32-15-14-27/h4,6,8,16,18,20H,2-3,5,7,9-15,17H2,1H3.